The van der Waals surface area contributed by atoms with Crippen LogP contribution in [0.4, 0.5) is 0 Å². The molecule has 4 heteroatoms. The second kappa shape index (κ2) is 12.0. The fourth-order valence-corrected chi connectivity index (χ4v) is 7.35. The Balaban J connectivity index is 1.13. The van der Waals surface area contributed by atoms with Crippen LogP contribution in [0, 0.1) is 0 Å². The van der Waals surface area contributed by atoms with Crippen LogP contribution in [0.5, 0.6) is 0 Å². The molecule has 240 valence electrons. The summed E-state index contributed by atoms with van der Waals surface area (Å²) in [7, 11) is 0. The van der Waals surface area contributed by atoms with E-state index in [-0.39, 0.29) is 0 Å². The van der Waals surface area contributed by atoms with Gasteiger partial charge in [0, 0.05) is 33.0 Å². The van der Waals surface area contributed by atoms with Crippen LogP contribution < -0.4 is 0 Å². The summed E-state index contributed by atoms with van der Waals surface area (Å²) in [5.74, 6) is 1.94. The molecule has 10 rings (SSSR count). The summed E-state index contributed by atoms with van der Waals surface area (Å²) in [6.07, 6.45) is 8.52. The first-order chi connectivity index (χ1) is 25.2. The van der Waals surface area contributed by atoms with E-state index in [1.54, 1.807) is 0 Å². The Kier molecular flexibility index (Phi) is 6.91. The fraction of sp³-hybridized carbons (Fsp3) is 0.0426. The molecule has 1 aliphatic carbocycles. The van der Waals surface area contributed by atoms with Crippen LogP contribution in [0.2, 0.25) is 0 Å². The van der Waals surface area contributed by atoms with Crippen molar-refractivity contribution in [1.29, 1.82) is 0 Å². The van der Waals surface area contributed by atoms with E-state index in [1.165, 1.54) is 27.3 Å². The third-order valence-corrected chi connectivity index (χ3v) is 9.92. The zero-order valence-electron chi connectivity index (χ0n) is 27.8. The molecule has 2 aromatic heterocycles. The maximum absolute atomic E-state index is 6.67. The van der Waals surface area contributed by atoms with Crippen molar-refractivity contribution >= 4 is 49.1 Å². The first-order valence-corrected chi connectivity index (χ1v) is 17.4. The molecule has 9 aromatic rings. The monoisotopic (exact) mass is 653 g/mol. The van der Waals surface area contributed by atoms with Crippen LogP contribution in [0.3, 0.4) is 0 Å². The van der Waals surface area contributed by atoms with Crippen molar-refractivity contribution in [2.24, 2.45) is 0 Å². The molecule has 0 fully saturated rings. The maximum atomic E-state index is 6.67. The summed E-state index contributed by atoms with van der Waals surface area (Å²) >= 11 is 0. The molecule has 2 heterocycles. The van der Waals surface area contributed by atoms with Gasteiger partial charge in [0.15, 0.2) is 17.5 Å². The van der Waals surface area contributed by atoms with Gasteiger partial charge in [0.2, 0.25) is 0 Å². The van der Waals surface area contributed by atoms with Gasteiger partial charge in [-0.25, -0.2) is 15.0 Å². The van der Waals surface area contributed by atoms with Crippen molar-refractivity contribution in [2.45, 2.75) is 12.8 Å². The number of rotatable bonds is 5. The van der Waals surface area contributed by atoms with Gasteiger partial charge in [0.1, 0.15) is 11.2 Å². The van der Waals surface area contributed by atoms with Gasteiger partial charge in [-0.05, 0) is 75.3 Å². The number of aromatic nitrogens is 3. The molecule has 0 spiro atoms. The van der Waals surface area contributed by atoms with Crippen molar-refractivity contribution < 1.29 is 4.42 Å². The number of furan rings is 1. The van der Waals surface area contributed by atoms with Crippen LogP contribution in [0.1, 0.15) is 18.7 Å². The Morgan fingerprint density at radius 3 is 1.98 bits per heavy atom. The number of allylic oxidation sites excluding steroid dienone is 4. The first-order valence-electron chi connectivity index (χ1n) is 17.4. The van der Waals surface area contributed by atoms with E-state index in [4.69, 9.17) is 19.4 Å². The third-order valence-electron chi connectivity index (χ3n) is 9.92. The van der Waals surface area contributed by atoms with Crippen molar-refractivity contribution in [1.82, 2.24) is 15.0 Å². The van der Waals surface area contributed by atoms with Crippen LogP contribution in [0.25, 0.3) is 94.1 Å². The van der Waals surface area contributed by atoms with Crippen molar-refractivity contribution in [3.05, 3.63) is 170 Å². The Hall–Kier alpha value is -6.65. The lowest BCUT2D eigenvalue weighted by atomic mass is 9.98. The molecule has 0 unspecified atom stereocenters. The zero-order chi connectivity index (χ0) is 33.7. The Bertz CT molecular complexity index is 2860. The third kappa shape index (κ3) is 5.20. The number of para-hydroxylation sites is 1. The summed E-state index contributed by atoms with van der Waals surface area (Å²) in [4.78, 5) is 15.4. The second-order valence-electron chi connectivity index (χ2n) is 13.1. The van der Waals surface area contributed by atoms with Crippen LogP contribution in [0.15, 0.2) is 168 Å². The molecule has 0 atom stereocenters. The summed E-state index contributed by atoms with van der Waals surface area (Å²) in [6, 6.07) is 51.1. The summed E-state index contributed by atoms with van der Waals surface area (Å²) in [5, 5.41) is 6.75. The molecule has 0 amide bonds. The molecule has 0 bridgehead atoms. The molecule has 0 saturated carbocycles. The average Bonchev–Trinajstić information content (AvgIpc) is 3.60. The lowest BCUT2D eigenvalue weighted by Gasteiger charge is -2.12. The average molecular weight is 654 g/mol. The van der Waals surface area contributed by atoms with Crippen molar-refractivity contribution in [3.8, 4) is 45.0 Å². The molecule has 7 aromatic carbocycles. The van der Waals surface area contributed by atoms with Gasteiger partial charge in [0.05, 0.1) is 0 Å². The van der Waals surface area contributed by atoms with E-state index in [1.807, 2.05) is 18.2 Å². The SMILES string of the molecule is C1=CC(c2nc(-c3ccc4cc(-c5ccccc5)ccc4c3)nc(-c3cccc4oc5c(-c6ccc7ccccc7c6)cccc5c34)n2)=CCC1. The molecular formula is C47H31N3O. The highest BCUT2D eigenvalue weighted by Gasteiger charge is 2.20. The van der Waals surface area contributed by atoms with Gasteiger partial charge >= 0.3 is 0 Å². The lowest BCUT2D eigenvalue weighted by molar-refractivity contribution is 0.670. The second-order valence-corrected chi connectivity index (χ2v) is 13.1. The highest BCUT2D eigenvalue weighted by atomic mass is 16.3. The largest absolute Gasteiger partial charge is 0.455 e. The molecule has 51 heavy (non-hydrogen) atoms. The van der Waals surface area contributed by atoms with E-state index in [0.717, 1.165) is 68.0 Å². The maximum Gasteiger partial charge on any atom is 0.164 e. The molecule has 1 aliphatic rings. The molecule has 0 N–H and O–H groups in total. The quantitative estimate of drug-likeness (QED) is 0.185. The van der Waals surface area contributed by atoms with E-state index in [0.29, 0.717) is 17.5 Å². The predicted octanol–water partition coefficient (Wildman–Crippen LogP) is 12.5. The molecule has 0 saturated heterocycles. The number of hydrogen-bond acceptors (Lipinski definition) is 4. The molecule has 0 radical (unpaired) electrons. The van der Waals surface area contributed by atoms with E-state index < -0.39 is 0 Å². The Labute approximate surface area is 295 Å². The highest BCUT2D eigenvalue weighted by Crippen LogP contribution is 2.41. The van der Waals surface area contributed by atoms with Gasteiger partial charge in [-0.15, -0.1) is 0 Å². The number of nitrogens with zero attached hydrogens (tertiary/aromatic N) is 3. The first kappa shape index (κ1) is 29.3. The highest BCUT2D eigenvalue weighted by molar-refractivity contribution is 6.15. The topological polar surface area (TPSA) is 51.8 Å². The van der Waals surface area contributed by atoms with Gasteiger partial charge < -0.3 is 4.42 Å². The van der Waals surface area contributed by atoms with Gasteiger partial charge in [-0.3, -0.25) is 0 Å². The minimum absolute atomic E-state index is 0.624. The van der Waals surface area contributed by atoms with Crippen LogP contribution >= 0.6 is 0 Å². The van der Waals surface area contributed by atoms with Gasteiger partial charge in [-0.2, -0.15) is 0 Å². The standard InChI is InChI=1S/C47H31N3O/c1-3-11-30(12-4-1)34-22-23-36-29-38(26-24-35(36)27-34)46-48-45(32-14-5-2-6-15-32)49-47(50-46)41-19-10-20-42-43(41)40-18-9-17-39(44(40)51-42)37-25-21-31-13-7-8-16-33(31)28-37/h1,3-5,7-29H,2,6H2. The van der Waals surface area contributed by atoms with Crippen molar-refractivity contribution in [2.75, 3.05) is 0 Å². The molecular weight excluding hydrogens is 623 g/mol. The minimum atomic E-state index is 0.624. The minimum Gasteiger partial charge on any atom is -0.455 e. The van der Waals surface area contributed by atoms with Crippen LogP contribution in [-0.4, -0.2) is 15.0 Å². The molecule has 4 nitrogen and oxygen atoms in total. The lowest BCUT2D eigenvalue weighted by Crippen LogP contribution is -2.03. The summed E-state index contributed by atoms with van der Waals surface area (Å²) in [6.45, 7) is 0. The van der Waals surface area contributed by atoms with Gasteiger partial charge in [0.25, 0.3) is 0 Å². The Morgan fingerprint density at radius 1 is 0.451 bits per heavy atom. The number of fused-ring (bicyclic) bond motifs is 5. The van der Waals surface area contributed by atoms with E-state index >= 15 is 0 Å². The normalized spacial score (nSPS) is 13.0. The fourth-order valence-electron chi connectivity index (χ4n) is 7.35. The predicted molar refractivity (Wildman–Crippen MR) is 210 cm³/mol. The zero-order valence-corrected chi connectivity index (χ0v) is 27.8. The van der Waals surface area contributed by atoms with Gasteiger partial charge in [-0.1, -0.05) is 140 Å². The Morgan fingerprint density at radius 2 is 1.12 bits per heavy atom. The summed E-state index contributed by atoms with van der Waals surface area (Å²) in [5.41, 5.74) is 9.11. The van der Waals surface area contributed by atoms with E-state index in [2.05, 4.69) is 146 Å². The summed E-state index contributed by atoms with van der Waals surface area (Å²) < 4.78 is 6.67. The van der Waals surface area contributed by atoms with Crippen LogP contribution in [-0.2, 0) is 0 Å². The van der Waals surface area contributed by atoms with E-state index in [9.17, 15) is 0 Å². The molecule has 0 aliphatic heterocycles. The smallest absolute Gasteiger partial charge is 0.164 e. The van der Waals surface area contributed by atoms with Crippen molar-refractivity contribution in [3.63, 3.8) is 0 Å². The number of hydrogen-bond donors (Lipinski definition) is 0. The number of benzene rings is 7.